The lowest BCUT2D eigenvalue weighted by molar-refractivity contribution is -0.0598. The average molecular weight is 597 g/mol. The quantitative estimate of drug-likeness (QED) is 0.205. The van der Waals surface area contributed by atoms with E-state index in [1.807, 2.05) is 32.9 Å². The molecule has 2 aromatic carbocycles. The molecule has 0 unspecified atom stereocenters. The van der Waals surface area contributed by atoms with Gasteiger partial charge in [-0.25, -0.2) is 28.1 Å². The Morgan fingerprint density at radius 2 is 1.70 bits per heavy atom. The van der Waals surface area contributed by atoms with E-state index in [1.54, 1.807) is 30.3 Å². The van der Waals surface area contributed by atoms with Crippen molar-refractivity contribution in [3.05, 3.63) is 53.1 Å². The molecule has 0 saturated heterocycles. The Kier molecular flexibility index (Phi) is 12.7. The smallest absolute Gasteiger partial charge is 0.426 e. The van der Waals surface area contributed by atoms with Crippen LogP contribution in [-0.4, -0.2) is 72.4 Å². The molecular formula is C27H37ClN4O7S. The average Bonchev–Trinajstić information content (AvgIpc) is 3.24. The maximum absolute atomic E-state index is 12.3. The summed E-state index contributed by atoms with van der Waals surface area (Å²) >= 11 is 6.59. The molecule has 11 nitrogen and oxygen atoms in total. The summed E-state index contributed by atoms with van der Waals surface area (Å²) in [5, 5.41) is 4.34. The van der Waals surface area contributed by atoms with Gasteiger partial charge in [0.15, 0.2) is 11.5 Å². The van der Waals surface area contributed by atoms with Crippen molar-refractivity contribution in [2.24, 2.45) is 0 Å². The molecule has 0 radical (unpaired) electrons. The van der Waals surface area contributed by atoms with Crippen LogP contribution in [0.15, 0.2) is 42.5 Å². The summed E-state index contributed by atoms with van der Waals surface area (Å²) < 4.78 is 18.9. The highest BCUT2D eigenvalue weighted by Gasteiger charge is 2.33. The van der Waals surface area contributed by atoms with Gasteiger partial charge in [-0.1, -0.05) is 37.1 Å². The van der Waals surface area contributed by atoms with Crippen molar-refractivity contribution in [1.29, 1.82) is 0 Å². The van der Waals surface area contributed by atoms with E-state index < -0.39 is 12.2 Å². The van der Waals surface area contributed by atoms with Gasteiger partial charge in [0.2, 0.25) is 0 Å². The van der Waals surface area contributed by atoms with Crippen LogP contribution in [0.2, 0.25) is 5.02 Å². The summed E-state index contributed by atoms with van der Waals surface area (Å²) in [5.41, 5.74) is 1.35. The minimum absolute atomic E-state index is 0.325. The first-order chi connectivity index (χ1) is 18.9. The molecule has 0 aromatic heterocycles. The Morgan fingerprint density at radius 1 is 1.05 bits per heavy atom. The van der Waals surface area contributed by atoms with Gasteiger partial charge in [0, 0.05) is 43.8 Å². The number of amides is 4. The van der Waals surface area contributed by atoms with Gasteiger partial charge >= 0.3 is 18.2 Å². The molecule has 13 heteroatoms. The number of halogens is 1. The Hall–Kier alpha value is -3.35. The van der Waals surface area contributed by atoms with Crippen molar-refractivity contribution in [1.82, 2.24) is 13.7 Å². The molecule has 0 spiro atoms. The number of ether oxygens (including phenoxy) is 3. The number of rotatable bonds is 8. The van der Waals surface area contributed by atoms with Gasteiger partial charge < -0.3 is 19.5 Å². The third-order valence-electron chi connectivity index (χ3n) is 5.39. The van der Waals surface area contributed by atoms with Crippen LogP contribution in [0.1, 0.15) is 39.2 Å². The van der Waals surface area contributed by atoms with Crippen molar-refractivity contribution in [2.75, 3.05) is 40.2 Å². The number of fused-ring (bicyclic) bond motifs is 1. The van der Waals surface area contributed by atoms with Crippen molar-refractivity contribution in [3.63, 3.8) is 0 Å². The van der Waals surface area contributed by atoms with Crippen LogP contribution < -0.4 is 14.8 Å². The van der Waals surface area contributed by atoms with Crippen LogP contribution in [0.25, 0.3) is 0 Å². The van der Waals surface area contributed by atoms with Crippen molar-refractivity contribution in [3.8, 4) is 11.5 Å². The maximum Gasteiger partial charge on any atom is 0.426 e. The van der Waals surface area contributed by atoms with Gasteiger partial charge in [-0.3, -0.25) is 4.84 Å². The summed E-state index contributed by atoms with van der Waals surface area (Å²) in [4.78, 5) is 40.2. The third-order valence-corrected chi connectivity index (χ3v) is 6.43. The van der Waals surface area contributed by atoms with Crippen molar-refractivity contribution in [2.45, 2.75) is 45.6 Å². The van der Waals surface area contributed by atoms with Crippen molar-refractivity contribution < 1.29 is 33.4 Å². The molecule has 0 fully saturated rings. The molecule has 1 aliphatic heterocycles. The first-order valence-corrected chi connectivity index (χ1v) is 13.7. The number of nitrogens with one attached hydrogen (secondary N) is 1. The maximum atomic E-state index is 12.3. The molecule has 1 aliphatic rings. The van der Waals surface area contributed by atoms with E-state index in [4.69, 9.17) is 30.6 Å². The standard InChI is InChI=1S/C18H26N2O5S.C9H11ClN2O2/c1-6-7-11-23-16(21)19(4)26-20(5)17(22)24-14-10-8-9-13-12-18(2,3)25-15(13)14;1-12(14-2)9(13)11-8-5-3-7(10)4-6-8/h8-10H,6-7,11-12H2,1-5H3;3-6H,1-2H3,(H,11,13). The van der Waals surface area contributed by atoms with E-state index in [1.165, 1.54) is 36.9 Å². The lowest BCUT2D eigenvalue weighted by atomic mass is 10.0. The normalized spacial score (nSPS) is 12.6. The lowest BCUT2D eigenvalue weighted by Crippen LogP contribution is -2.31. The fraction of sp³-hybridized carbons (Fsp3) is 0.444. The Balaban J connectivity index is 0.000000337. The molecule has 0 aliphatic carbocycles. The summed E-state index contributed by atoms with van der Waals surface area (Å²) in [6, 6.07) is 12.0. The molecule has 220 valence electrons. The second-order valence-electron chi connectivity index (χ2n) is 9.31. The Bertz CT molecular complexity index is 1150. The highest BCUT2D eigenvalue weighted by Crippen LogP contribution is 2.42. The number of hydrogen-bond acceptors (Lipinski definition) is 8. The molecule has 2 aromatic rings. The first kappa shape index (κ1) is 32.9. The number of carbonyl (C=O) groups excluding carboxylic acids is 3. The molecule has 0 bridgehead atoms. The molecule has 0 atom stereocenters. The van der Waals surface area contributed by atoms with E-state index in [0.717, 1.165) is 42.0 Å². The molecule has 1 N–H and O–H groups in total. The minimum atomic E-state index is -0.607. The van der Waals surface area contributed by atoms with Gasteiger partial charge in [-0.05, 0) is 50.6 Å². The summed E-state index contributed by atoms with van der Waals surface area (Å²) in [6.45, 7) is 6.35. The predicted octanol–water partition coefficient (Wildman–Crippen LogP) is 6.63. The number of nitrogens with zero attached hydrogens (tertiary/aromatic N) is 3. The van der Waals surface area contributed by atoms with Gasteiger partial charge in [-0.15, -0.1) is 0 Å². The third kappa shape index (κ3) is 10.3. The first-order valence-electron chi connectivity index (χ1n) is 12.6. The summed E-state index contributed by atoms with van der Waals surface area (Å²) in [5.74, 6) is 0.968. The molecule has 3 rings (SSSR count). The van der Waals surface area contributed by atoms with E-state index in [9.17, 15) is 14.4 Å². The van der Waals surface area contributed by atoms with Gasteiger partial charge in [0.25, 0.3) is 0 Å². The predicted molar refractivity (Wildman–Crippen MR) is 155 cm³/mol. The zero-order chi connectivity index (χ0) is 29.9. The summed E-state index contributed by atoms with van der Waals surface area (Å²) in [7, 11) is 6.00. The van der Waals surface area contributed by atoms with Crippen LogP contribution in [0, 0.1) is 0 Å². The zero-order valence-electron chi connectivity index (χ0n) is 23.9. The lowest BCUT2D eigenvalue weighted by Gasteiger charge is -2.22. The number of urea groups is 1. The number of benzene rings is 2. The van der Waals surface area contributed by atoms with Crippen LogP contribution in [0.3, 0.4) is 0 Å². The van der Waals surface area contributed by atoms with E-state index in [0.29, 0.717) is 28.8 Å². The number of carbonyl (C=O) groups is 3. The van der Waals surface area contributed by atoms with Crippen LogP contribution in [0.5, 0.6) is 11.5 Å². The van der Waals surface area contributed by atoms with E-state index >= 15 is 0 Å². The van der Waals surface area contributed by atoms with Gasteiger partial charge in [0.1, 0.15) is 5.60 Å². The van der Waals surface area contributed by atoms with Crippen LogP contribution in [0.4, 0.5) is 20.1 Å². The fourth-order valence-electron chi connectivity index (χ4n) is 3.29. The topological polar surface area (TPSA) is 110 Å². The zero-order valence-corrected chi connectivity index (χ0v) is 25.4. The number of hydroxylamine groups is 2. The second kappa shape index (κ2) is 15.4. The van der Waals surface area contributed by atoms with Crippen LogP contribution >= 0.6 is 23.7 Å². The second-order valence-corrected chi connectivity index (χ2v) is 11.0. The monoisotopic (exact) mass is 596 g/mol. The molecular weight excluding hydrogens is 560 g/mol. The highest BCUT2D eigenvalue weighted by molar-refractivity contribution is 7.95. The van der Waals surface area contributed by atoms with Crippen molar-refractivity contribution >= 4 is 47.6 Å². The summed E-state index contributed by atoms with van der Waals surface area (Å²) in [6.07, 6.45) is 1.39. The SMILES string of the molecule is CCCCOC(=O)N(C)SN(C)C(=O)Oc1cccc2c1OC(C)(C)C2.CON(C)C(=O)Nc1ccc(Cl)cc1. The molecule has 40 heavy (non-hydrogen) atoms. The minimum Gasteiger partial charge on any atom is -0.483 e. The number of unbranched alkanes of at least 4 members (excludes halogenated alkanes) is 1. The largest absolute Gasteiger partial charge is 0.483 e. The fourth-order valence-corrected chi connectivity index (χ4v) is 4.01. The van der Waals surface area contributed by atoms with E-state index in [2.05, 4.69) is 5.32 Å². The number of anilines is 1. The number of para-hydroxylation sites is 1. The van der Waals surface area contributed by atoms with Crippen LogP contribution in [-0.2, 0) is 16.0 Å². The Labute approximate surface area is 244 Å². The molecule has 4 amide bonds. The Morgan fingerprint density at radius 3 is 2.33 bits per heavy atom. The number of hydrogen-bond donors (Lipinski definition) is 1. The highest BCUT2D eigenvalue weighted by atomic mass is 35.5. The van der Waals surface area contributed by atoms with Gasteiger partial charge in [-0.2, -0.15) is 0 Å². The van der Waals surface area contributed by atoms with E-state index in [-0.39, 0.29) is 11.6 Å². The molecule has 0 saturated carbocycles. The molecule has 1 heterocycles. The van der Waals surface area contributed by atoms with Gasteiger partial charge in [0.05, 0.1) is 25.9 Å².